The van der Waals surface area contributed by atoms with E-state index in [0.717, 1.165) is 24.3 Å². The van der Waals surface area contributed by atoms with E-state index in [9.17, 15) is 18.3 Å². The number of carbonyl (C=O) groups excluding carboxylic acids is 1. The van der Waals surface area contributed by atoms with Gasteiger partial charge < -0.3 is 9.90 Å². The fourth-order valence-corrected chi connectivity index (χ4v) is 1.24. The van der Waals surface area contributed by atoms with Crippen LogP contribution in [-0.2, 0) is 10.1 Å². The maximum Gasteiger partial charge on any atom is 0.294 e. The monoisotopic (exact) mass is 292 g/mol. The minimum Gasteiger partial charge on any atom is -0.545 e. The number of benzene rings is 1. The van der Waals surface area contributed by atoms with Crippen LogP contribution >= 0.6 is 7.26 Å². The second-order valence-corrected chi connectivity index (χ2v) is 11.8. The molecule has 102 valence electrons. The highest BCUT2D eigenvalue weighted by Crippen LogP contribution is 2.40. The third kappa shape index (κ3) is 8.17. The van der Waals surface area contributed by atoms with Crippen molar-refractivity contribution in [3.8, 4) is 0 Å². The summed E-state index contributed by atoms with van der Waals surface area (Å²) >= 11 is 0. The summed E-state index contributed by atoms with van der Waals surface area (Å²) in [5.41, 5.74) is -0.146. The van der Waals surface area contributed by atoms with E-state index in [0.29, 0.717) is 0 Å². The minimum atomic E-state index is -4.26. The summed E-state index contributed by atoms with van der Waals surface area (Å²) in [7, 11) is -4.65. The molecule has 0 aliphatic heterocycles. The normalized spacial score (nSPS) is 11.4. The van der Waals surface area contributed by atoms with E-state index in [4.69, 9.17) is 4.55 Å². The van der Waals surface area contributed by atoms with E-state index in [1.807, 2.05) is 0 Å². The van der Waals surface area contributed by atoms with Gasteiger partial charge in [-0.25, -0.2) is 0 Å². The van der Waals surface area contributed by atoms with E-state index >= 15 is 0 Å². The molecule has 0 aliphatic carbocycles. The van der Waals surface area contributed by atoms with Crippen LogP contribution in [0.4, 0.5) is 0 Å². The molecule has 0 spiro atoms. The van der Waals surface area contributed by atoms with E-state index in [2.05, 4.69) is 26.7 Å². The maximum absolute atomic E-state index is 10.5. The molecule has 0 atom stereocenters. The van der Waals surface area contributed by atoms with Crippen molar-refractivity contribution in [2.24, 2.45) is 0 Å². The largest absolute Gasteiger partial charge is 0.545 e. The van der Waals surface area contributed by atoms with Crippen molar-refractivity contribution in [2.45, 2.75) is 4.90 Å². The van der Waals surface area contributed by atoms with Gasteiger partial charge in [0.1, 0.15) is 0 Å². The van der Waals surface area contributed by atoms with Crippen molar-refractivity contribution in [2.75, 3.05) is 26.7 Å². The van der Waals surface area contributed by atoms with Crippen LogP contribution in [0.2, 0.25) is 0 Å². The number of carbonyl (C=O) groups is 1. The molecule has 7 heteroatoms. The molecule has 0 aliphatic rings. The van der Waals surface area contributed by atoms with Gasteiger partial charge in [0.25, 0.3) is 10.1 Å². The predicted octanol–water partition coefficient (Wildman–Crippen LogP) is 0.820. The Balaban J connectivity index is 0.000000494. The summed E-state index contributed by atoms with van der Waals surface area (Å²) in [4.78, 5) is 9.89. The molecule has 0 saturated heterocycles. The minimum absolute atomic E-state index is 0.146. The number of hydrogen-bond donors (Lipinski definition) is 1. The molecule has 0 unspecified atom stereocenters. The SMILES string of the molecule is C[P+](C)(C)C.O=C([O-])c1ccc(S(=O)(=O)O)cc1. The molecule has 0 bridgehead atoms. The zero-order chi connectivity index (χ0) is 14.6. The average molecular weight is 292 g/mol. The molecule has 0 amide bonds. The maximum atomic E-state index is 10.5. The Kier molecular flexibility index (Phi) is 5.93. The highest BCUT2D eigenvalue weighted by molar-refractivity contribution is 7.85. The molecular formula is C11H17O5PS. The first-order valence-electron chi connectivity index (χ1n) is 4.99. The summed E-state index contributed by atoms with van der Waals surface area (Å²) in [6.45, 7) is 9.19. The molecular weight excluding hydrogens is 275 g/mol. The predicted molar refractivity (Wildman–Crippen MR) is 71.2 cm³/mol. The summed E-state index contributed by atoms with van der Waals surface area (Å²) < 4.78 is 29.5. The molecule has 1 N–H and O–H groups in total. The lowest BCUT2D eigenvalue weighted by Gasteiger charge is -2.01. The fraction of sp³-hybridized carbons (Fsp3) is 0.364. The second-order valence-electron chi connectivity index (χ2n) is 4.97. The third-order valence-corrected chi connectivity index (χ3v) is 2.26. The van der Waals surface area contributed by atoms with Gasteiger partial charge >= 0.3 is 0 Å². The molecule has 1 aromatic carbocycles. The molecule has 0 aromatic heterocycles. The van der Waals surface area contributed by atoms with Crippen LogP contribution < -0.4 is 5.11 Å². The van der Waals surface area contributed by atoms with Gasteiger partial charge in [-0.05, 0) is 17.7 Å². The van der Waals surface area contributed by atoms with Crippen LogP contribution in [0.1, 0.15) is 10.4 Å². The molecule has 0 saturated carbocycles. The molecule has 0 fully saturated rings. The van der Waals surface area contributed by atoms with E-state index in [-0.39, 0.29) is 17.7 Å². The molecule has 18 heavy (non-hydrogen) atoms. The van der Waals surface area contributed by atoms with Gasteiger partial charge in [-0.2, -0.15) is 8.42 Å². The van der Waals surface area contributed by atoms with Crippen molar-refractivity contribution in [3.63, 3.8) is 0 Å². The molecule has 1 aromatic rings. The molecule has 0 heterocycles. The molecule has 5 nitrogen and oxygen atoms in total. The fourth-order valence-electron chi connectivity index (χ4n) is 0.763. The Bertz CT molecular complexity index is 493. The van der Waals surface area contributed by atoms with Crippen molar-refractivity contribution in [1.29, 1.82) is 0 Å². The van der Waals surface area contributed by atoms with Gasteiger partial charge in [0.05, 0.1) is 10.9 Å². The van der Waals surface area contributed by atoms with Gasteiger partial charge in [0.2, 0.25) is 0 Å². The van der Waals surface area contributed by atoms with Crippen LogP contribution in [0, 0.1) is 0 Å². The highest BCUT2D eigenvalue weighted by Gasteiger charge is 2.08. The van der Waals surface area contributed by atoms with Crippen LogP contribution in [-0.4, -0.2) is 45.6 Å². The number of hydrogen-bond acceptors (Lipinski definition) is 4. The van der Waals surface area contributed by atoms with Gasteiger partial charge in [0, 0.05) is 33.9 Å². The zero-order valence-corrected chi connectivity index (χ0v) is 12.5. The number of aromatic carboxylic acids is 1. The lowest BCUT2D eigenvalue weighted by Crippen LogP contribution is -2.22. The summed E-state index contributed by atoms with van der Waals surface area (Å²) in [5, 5.41) is 10.2. The first-order valence-corrected chi connectivity index (χ1v) is 10.0. The van der Waals surface area contributed by atoms with Crippen molar-refractivity contribution in [1.82, 2.24) is 0 Å². The Morgan fingerprint density at radius 2 is 1.44 bits per heavy atom. The summed E-state index contributed by atoms with van der Waals surface area (Å²) in [6.07, 6.45) is 0. The Morgan fingerprint density at radius 1 is 1.11 bits per heavy atom. The van der Waals surface area contributed by atoms with Crippen LogP contribution in [0.15, 0.2) is 29.2 Å². The third-order valence-electron chi connectivity index (χ3n) is 1.39. The number of carboxylic acid groups (broad SMARTS) is 1. The first kappa shape index (κ1) is 17.0. The van der Waals surface area contributed by atoms with E-state index in [1.165, 1.54) is 0 Å². The highest BCUT2D eigenvalue weighted by atomic mass is 32.2. The second kappa shape index (κ2) is 6.27. The smallest absolute Gasteiger partial charge is 0.294 e. The molecule has 1 rings (SSSR count). The first-order chi connectivity index (χ1) is 7.91. The standard InChI is InChI=1S/C7H6O5S.C4H12P/c8-7(9)5-1-3-6(4-2-5)13(10,11)12;1-5(2,3)4/h1-4H,(H,8,9)(H,10,11,12);1-4H3/q;+1/p-1. The average Bonchev–Trinajstić information content (AvgIpc) is 2.14. The number of rotatable bonds is 2. The summed E-state index contributed by atoms with van der Waals surface area (Å²) in [5.74, 6) is -1.40. The van der Waals surface area contributed by atoms with Crippen molar-refractivity contribution in [3.05, 3.63) is 29.8 Å². The van der Waals surface area contributed by atoms with Crippen molar-refractivity contribution >= 4 is 23.3 Å². The van der Waals surface area contributed by atoms with Crippen LogP contribution in [0.25, 0.3) is 0 Å². The van der Waals surface area contributed by atoms with Gasteiger partial charge in [-0.1, -0.05) is 12.1 Å². The Hall–Kier alpha value is -0.970. The Morgan fingerprint density at radius 3 is 1.67 bits per heavy atom. The van der Waals surface area contributed by atoms with Gasteiger partial charge in [-0.3, -0.25) is 4.55 Å². The van der Waals surface area contributed by atoms with Crippen molar-refractivity contribution < 1.29 is 22.9 Å². The summed E-state index contributed by atoms with van der Waals surface area (Å²) in [6, 6.07) is 4.05. The quantitative estimate of drug-likeness (QED) is 0.643. The lowest BCUT2D eigenvalue weighted by molar-refractivity contribution is -0.255. The van der Waals surface area contributed by atoms with Gasteiger partial charge in [-0.15, -0.1) is 0 Å². The zero-order valence-electron chi connectivity index (χ0n) is 10.7. The van der Waals surface area contributed by atoms with Gasteiger partial charge in [0.15, 0.2) is 0 Å². The van der Waals surface area contributed by atoms with E-state index in [1.54, 1.807) is 0 Å². The topological polar surface area (TPSA) is 94.5 Å². The van der Waals surface area contributed by atoms with Crippen LogP contribution in [0.5, 0.6) is 0 Å². The van der Waals surface area contributed by atoms with E-state index < -0.39 is 16.1 Å². The number of carboxylic acids is 1. The Labute approximate surface area is 108 Å². The lowest BCUT2D eigenvalue weighted by atomic mass is 10.2. The molecule has 0 radical (unpaired) electrons. The van der Waals surface area contributed by atoms with Crippen LogP contribution in [0.3, 0.4) is 0 Å².